The Morgan fingerprint density at radius 2 is 1.85 bits per heavy atom. The third-order valence-electron chi connectivity index (χ3n) is 6.52. The maximum absolute atomic E-state index is 12.8. The Morgan fingerprint density at radius 3 is 2.59 bits per heavy atom. The number of piperidine rings is 1. The highest BCUT2D eigenvalue weighted by Crippen LogP contribution is 2.25. The highest BCUT2D eigenvalue weighted by molar-refractivity contribution is 5.91. The van der Waals surface area contributed by atoms with Gasteiger partial charge in [0.1, 0.15) is 0 Å². The molecule has 0 spiro atoms. The minimum absolute atomic E-state index is 0.0436. The number of hydrogen-bond donors (Lipinski definition) is 1. The highest BCUT2D eigenvalue weighted by atomic mass is 16.6. The van der Waals surface area contributed by atoms with Crippen molar-refractivity contribution in [1.82, 2.24) is 9.80 Å². The number of anilines is 1. The topological polar surface area (TPSA) is 88.2 Å². The molecule has 0 aromatic heterocycles. The number of urea groups is 1. The molecule has 0 unspecified atom stereocenters. The van der Waals surface area contributed by atoms with Crippen LogP contribution >= 0.6 is 0 Å². The first kappa shape index (κ1) is 23.6. The minimum atomic E-state index is -1.01. The number of para-hydroxylation sites is 1. The Bertz CT molecular complexity index is 1050. The van der Waals surface area contributed by atoms with Crippen molar-refractivity contribution in [2.75, 3.05) is 32.1 Å². The summed E-state index contributed by atoms with van der Waals surface area (Å²) < 4.78 is 10.4. The maximum atomic E-state index is 12.8. The van der Waals surface area contributed by atoms with E-state index < -0.39 is 18.2 Å². The number of ether oxygens (including phenoxy) is 2. The second-order valence-electron chi connectivity index (χ2n) is 8.84. The summed E-state index contributed by atoms with van der Waals surface area (Å²) in [6.07, 6.45) is 0.808. The lowest BCUT2D eigenvalue weighted by molar-refractivity contribution is -0.151. The van der Waals surface area contributed by atoms with Crippen LogP contribution in [0.3, 0.4) is 0 Å². The van der Waals surface area contributed by atoms with Crippen LogP contribution in [0.15, 0.2) is 48.5 Å². The van der Waals surface area contributed by atoms with Gasteiger partial charge in [-0.1, -0.05) is 48.0 Å². The zero-order valence-electron chi connectivity index (χ0n) is 19.7. The van der Waals surface area contributed by atoms with Crippen molar-refractivity contribution in [2.24, 2.45) is 0 Å². The molecular weight excluding hydrogens is 434 g/mol. The zero-order chi connectivity index (χ0) is 24.1. The molecule has 2 aromatic rings. The van der Waals surface area contributed by atoms with Gasteiger partial charge >= 0.3 is 18.1 Å². The van der Waals surface area contributed by atoms with Crippen LogP contribution in [-0.2, 0) is 27.1 Å². The lowest BCUT2D eigenvalue weighted by Gasteiger charge is -2.37. The first-order chi connectivity index (χ1) is 16.4. The fourth-order valence-corrected chi connectivity index (χ4v) is 4.65. The quantitative estimate of drug-likeness (QED) is 0.679. The van der Waals surface area contributed by atoms with Crippen molar-refractivity contribution in [3.63, 3.8) is 0 Å². The average Bonchev–Trinajstić information content (AvgIpc) is 3.01. The smallest absolute Gasteiger partial charge is 0.410 e. The predicted octanol–water partition coefficient (Wildman–Crippen LogP) is 3.77. The second kappa shape index (κ2) is 10.6. The number of aryl methyl sites for hydroxylation is 1. The molecule has 4 rings (SSSR count). The third-order valence-corrected chi connectivity index (χ3v) is 6.52. The lowest BCUT2D eigenvalue weighted by atomic mass is 10.0. The molecule has 8 heteroatoms. The molecule has 0 aliphatic carbocycles. The molecule has 34 heavy (non-hydrogen) atoms. The molecule has 0 bridgehead atoms. The zero-order valence-corrected chi connectivity index (χ0v) is 19.7. The number of nitrogens with zero attached hydrogens (tertiary/aromatic N) is 2. The maximum Gasteiger partial charge on any atom is 0.410 e. The average molecular weight is 466 g/mol. The van der Waals surface area contributed by atoms with Gasteiger partial charge in [-0.05, 0) is 43.4 Å². The monoisotopic (exact) mass is 465 g/mol. The van der Waals surface area contributed by atoms with E-state index in [0.29, 0.717) is 32.5 Å². The SMILES string of the molecule is COC(=O)[C@@H](Cc1cccc(C)c1)OC(=O)N1CCC(N2CCc3ccccc3NC2=O)CC1. The van der Waals surface area contributed by atoms with Gasteiger partial charge in [0, 0.05) is 37.8 Å². The molecular formula is C26H31N3O5. The summed E-state index contributed by atoms with van der Waals surface area (Å²) in [4.78, 5) is 41.4. The Balaban J connectivity index is 1.33. The summed E-state index contributed by atoms with van der Waals surface area (Å²) >= 11 is 0. The fraction of sp³-hybridized carbons (Fsp3) is 0.423. The molecule has 1 fully saturated rings. The molecule has 0 radical (unpaired) electrons. The summed E-state index contributed by atoms with van der Waals surface area (Å²) in [6.45, 7) is 3.52. The van der Waals surface area contributed by atoms with Crippen LogP contribution in [0.4, 0.5) is 15.3 Å². The molecule has 180 valence electrons. The van der Waals surface area contributed by atoms with Crippen molar-refractivity contribution in [1.29, 1.82) is 0 Å². The van der Waals surface area contributed by atoms with E-state index in [2.05, 4.69) is 5.32 Å². The molecule has 3 amide bonds. The number of amides is 3. The molecule has 0 saturated carbocycles. The molecule has 1 saturated heterocycles. The van der Waals surface area contributed by atoms with Crippen molar-refractivity contribution in [3.05, 3.63) is 65.2 Å². The highest BCUT2D eigenvalue weighted by Gasteiger charge is 2.33. The minimum Gasteiger partial charge on any atom is -0.466 e. The largest absolute Gasteiger partial charge is 0.466 e. The normalized spacial score (nSPS) is 17.3. The Kier molecular flexibility index (Phi) is 7.35. The van der Waals surface area contributed by atoms with E-state index in [9.17, 15) is 14.4 Å². The number of hydrogen-bond acceptors (Lipinski definition) is 5. The van der Waals surface area contributed by atoms with Crippen LogP contribution in [0.5, 0.6) is 0 Å². The summed E-state index contributed by atoms with van der Waals surface area (Å²) in [5, 5.41) is 3.01. The van der Waals surface area contributed by atoms with Crippen molar-refractivity contribution < 1.29 is 23.9 Å². The molecule has 2 aliphatic rings. The van der Waals surface area contributed by atoms with E-state index in [4.69, 9.17) is 9.47 Å². The summed E-state index contributed by atoms with van der Waals surface area (Å²) in [6, 6.07) is 15.5. The van der Waals surface area contributed by atoms with Gasteiger partial charge in [-0.25, -0.2) is 14.4 Å². The van der Waals surface area contributed by atoms with Crippen LogP contribution < -0.4 is 5.32 Å². The number of fused-ring (bicyclic) bond motifs is 1. The number of benzene rings is 2. The van der Waals surface area contributed by atoms with Gasteiger partial charge in [-0.2, -0.15) is 0 Å². The third kappa shape index (κ3) is 5.50. The molecule has 2 aliphatic heterocycles. The van der Waals surface area contributed by atoms with E-state index in [-0.39, 0.29) is 18.5 Å². The van der Waals surface area contributed by atoms with Gasteiger partial charge in [0.15, 0.2) is 0 Å². The van der Waals surface area contributed by atoms with E-state index in [1.165, 1.54) is 7.11 Å². The molecule has 2 heterocycles. The van der Waals surface area contributed by atoms with Crippen LogP contribution in [-0.4, -0.2) is 66.8 Å². The van der Waals surface area contributed by atoms with Crippen LogP contribution in [0.25, 0.3) is 0 Å². The molecule has 1 atom stereocenters. The van der Waals surface area contributed by atoms with Gasteiger partial charge in [-0.3, -0.25) is 0 Å². The van der Waals surface area contributed by atoms with Crippen molar-refractivity contribution in [3.8, 4) is 0 Å². The number of carbonyl (C=O) groups is 3. The van der Waals surface area contributed by atoms with Crippen molar-refractivity contribution >= 4 is 23.8 Å². The van der Waals surface area contributed by atoms with E-state index >= 15 is 0 Å². The van der Waals surface area contributed by atoms with E-state index in [1.54, 1.807) is 4.90 Å². The Hall–Kier alpha value is -3.55. The molecule has 8 nitrogen and oxygen atoms in total. The summed E-state index contributed by atoms with van der Waals surface area (Å²) in [5.74, 6) is -0.578. The standard InChI is InChI=1S/C26H31N3O5/c1-18-6-5-7-19(16-18)17-23(24(30)33-2)34-26(32)28-13-11-21(12-14-28)29-15-10-20-8-3-4-9-22(20)27-25(29)31/h3-9,16,21,23H,10-15,17H2,1-2H3,(H,27,31)/t23-/m1/s1. The fourth-order valence-electron chi connectivity index (χ4n) is 4.65. The predicted molar refractivity (Wildman–Crippen MR) is 128 cm³/mol. The Morgan fingerprint density at radius 1 is 1.09 bits per heavy atom. The Labute approximate surface area is 199 Å². The first-order valence-corrected chi connectivity index (χ1v) is 11.7. The first-order valence-electron chi connectivity index (χ1n) is 11.7. The van der Waals surface area contributed by atoms with Crippen LogP contribution in [0.1, 0.15) is 29.5 Å². The summed E-state index contributed by atoms with van der Waals surface area (Å²) in [5.41, 5.74) is 3.95. The van der Waals surface area contributed by atoms with Crippen LogP contribution in [0.2, 0.25) is 0 Å². The van der Waals surface area contributed by atoms with Gasteiger partial charge in [0.2, 0.25) is 6.10 Å². The lowest BCUT2D eigenvalue weighted by Crippen LogP contribution is -2.50. The van der Waals surface area contributed by atoms with E-state index in [0.717, 1.165) is 28.8 Å². The number of methoxy groups -OCH3 is 1. The number of esters is 1. The van der Waals surface area contributed by atoms with Gasteiger partial charge < -0.3 is 24.6 Å². The number of nitrogens with one attached hydrogen (secondary N) is 1. The number of likely N-dealkylation sites (tertiary alicyclic amines) is 1. The van der Waals surface area contributed by atoms with Crippen molar-refractivity contribution in [2.45, 2.75) is 44.8 Å². The summed E-state index contributed by atoms with van der Waals surface area (Å²) in [7, 11) is 1.29. The van der Waals surface area contributed by atoms with E-state index in [1.807, 2.05) is 60.4 Å². The number of carbonyl (C=O) groups excluding carboxylic acids is 3. The van der Waals surface area contributed by atoms with Gasteiger partial charge in [0.25, 0.3) is 0 Å². The van der Waals surface area contributed by atoms with Gasteiger partial charge in [0.05, 0.1) is 7.11 Å². The molecule has 2 aromatic carbocycles. The van der Waals surface area contributed by atoms with Crippen LogP contribution in [0, 0.1) is 6.92 Å². The second-order valence-corrected chi connectivity index (χ2v) is 8.84. The van der Waals surface area contributed by atoms with Gasteiger partial charge in [-0.15, -0.1) is 0 Å². The molecule has 1 N–H and O–H groups in total. The number of rotatable bonds is 5.